The molecule has 5 nitrogen and oxygen atoms in total. The van der Waals surface area contributed by atoms with Crippen LogP contribution in [0.5, 0.6) is 0 Å². The monoisotopic (exact) mass is 304 g/mol. The molecule has 110 valence electrons. The molecule has 0 spiro atoms. The van der Waals surface area contributed by atoms with Crippen LogP contribution in [0.1, 0.15) is 28.9 Å². The van der Waals surface area contributed by atoms with Gasteiger partial charge in [0.25, 0.3) is 5.91 Å². The molecule has 1 atom stereocenters. The molecule has 2 aromatic rings. The van der Waals surface area contributed by atoms with Crippen molar-refractivity contribution in [3.63, 3.8) is 0 Å². The average molecular weight is 304 g/mol. The second kappa shape index (κ2) is 6.07. The van der Waals surface area contributed by atoms with Gasteiger partial charge in [0.05, 0.1) is 10.9 Å². The molecule has 0 aliphatic heterocycles. The fourth-order valence-corrected chi connectivity index (χ4v) is 2.42. The van der Waals surface area contributed by atoms with Crippen molar-refractivity contribution < 1.29 is 13.2 Å². The predicted octanol–water partition coefficient (Wildman–Crippen LogP) is 1.83. The van der Waals surface area contributed by atoms with Gasteiger partial charge in [-0.15, -0.1) is 0 Å². The number of primary sulfonamides is 1. The van der Waals surface area contributed by atoms with Crippen LogP contribution in [0.15, 0.2) is 59.5 Å². The third-order valence-corrected chi connectivity index (χ3v) is 4.02. The summed E-state index contributed by atoms with van der Waals surface area (Å²) in [6.07, 6.45) is 0. The molecule has 0 aliphatic carbocycles. The van der Waals surface area contributed by atoms with Gasteiger partial charge in [-0.05, 0) is 36.8 Å². The van der Waals surface area contributed by atoms with E-state index in [2.05, 4.69) is 5.32 Å². The first kappa shape index (κ1) is 15.2. The van der Waals surface area contributed by atoms with E-state index in [-0.39, 0.29) is 16.8 Å². The SMILES string of the molecule is C[C@H](NC(=O)c1ccc(S(N)(=O)=O)cc1)c1ccccc1. The third-order valence-electron chi connectivity index (χ3n) is 3.09. The molecule has 0 heterocycles. The first-order valence-electron chi connectivity index (χ1n) is 6.36. The number of carbonyl (C=O) groups is 1. The standard InChI is InChI=1S/C15H16N2O3S/c1-11(12-5-3-2-4-6-12)17-15(18)13-7-9-14(10-8-13)21(16,19)20/h2-11H,1H3,(H,17,18)(H2,16,19,20)/t11-/m0/s1. The molecule has 2 aromatic carbocycles. The zero-order chi connectivity index (χ0) is 15.5. The van der Waals surface area contributed by atoms with Crippen molar-refractivity contribution in [2.75, 3.05) is 0 Å². The van der Waals surface area contributed by atoms with Crippen molar-refractivity contribution >= 4 is 15.9 Å². The number of amides is 1. The first-order valence-corrected chi connectivity index (χ1v) is 7.91. The van der Waals surface area contributed by atoms with Crippen LogP contribution in [0, 0.1) is 0 Å². The minimum absolute atomic E-state index is 0.0184. The first-order chi connectivity index (χ1) is 9.88. The van der Waals surface area contributed by atoms with E-state index in [1.54, 1.807) is 0 Å². The Morgan fingerprint density at radius 1 is 1.05 bits per heavy atom. The molecule has 0 unspecified atom stereocenters. The van der Waals surface area contributed by atoms with Crippen LogP contribution in [-0.4, -0.2) is 14.3 Å². The number of hydrogen-bond acceptors (Lipinski definition) is 3. The van der Waals surface area contributed by atoms with Crippen molar-refractivity contribution in [1.82, 2.24) is 5.32 Å². The van der Waals surface area contributed by atoms with Crippen molar-refractivity contribution in [3.8, 4) is 0 Å². The lowest BCUT2D eigenvalue weighted by Crippen LogP contribution is -2.26. The van der Waals surface area contributed by atoms with Gasteiger partial charge in [-0.3, -0.25) is 4.79 Å². The minimum atomic E-state index is -3.74. The van der Waals surface area contributed by atoms with Gasteiger partial charge < -0.3 is 5.32 Å². The van der Waals surface area contributed by atoms with Crippen molar-refractivity contribution in [3.05, 3.63) is 65.7 Å². The van der Waals surface area contributed by atoms with E-state index < -0.39 is 10.0 Å². The van der Waals surface area contributed by atoms with Gasteiger partial charge in [0.15, 0.2) is 0 Å². The molecule has 0 fully saturated rings. The van der Waals surface area contributed by atoms with Gasteiger partial charge >= 0.3 is 0 Å². The van der Waals surface area contributed by atoms with E-state index in [1.807, 2.05) is 37.3 Å². The lowest BCUT2D eigenvalue weighted by atomic mass is 10.1. The summed E-state index contributed by atoms with van der Waals surface area (Å²) in [5.74, 6) is -0.271. The summed E-state index contributed by atoms with van der Waals surface area (Å²) in [5.41, 5.74) is 1.37. The highest BCUT2D eigenvalue weighted by atomic mass is 32.2. The van der Waals surface area contributed by atoms with Crippen molar-refractivity contribution in [1.29, 1.82) is 0 Å². The van der Waals surface area contributed by atoms with Crippen LogP contribution in [0.2, 0.25) is 0 Å². The van der Waals surface area contributed by atoms with Crippen LogP contribution < -0.4 is 10.5 Å². The Labute approximate surface area is 123 Å². The smallest absolute Gasteiger partial charge is 0.251 e. The number of sulfonamides is 1. The third kappa shape index (κ3) is 3.90. The summed E-state index contributed by atoms with van der Waals surface area (Å²) in [5, 5.41) is 7.86. The van der Waals surface area contributed by atoms with E-state index in [1.165, 1.54) is 24.3 Å². The van der Waals surface area contributed by atoms with Crippen molar-refractivity contribution in [2.24, 2.45) is 5.14 Å². The van der Waals surface area contributed by atoms with Crippen LogP contribution >= 0.6 is 0 Å². The Hall–Kier alpha value is -2.18. The van der Waals surface area contributed by atoms with Gasteiger partial charge in [0.1, 0.15) is 0 Å². The fourth-order valence-electron chi connectivity index (χ4n) is 1.90. The number of hydrogen-bond donors (Lipinski definition) is 2. The Morgan fingerprint density at radius 2 is 1.62 bits per heavy atom. The molecule has 21 heavy (non-hydrogen) atoms. The summed E-state index contributed by atoms with van der Waals surface area (Å²) in [7, 11) is -3.74. The fraction of sp³-hybridized carbons (Fsp3) is 0.133. The van der Waals surface area contributed by atoms with Gasteiger partial charge in [0, 0.05) is 5.56 Å². The zero-order valence-corrected chi connectivity index (χ0v) is 12.3. The zero-order valence-electron chi connectivity index (χ0n) is 11.5. The molecule has 0 saturated heterocycles. The number of carbonyl (C=O) groups excluding carboxylic acids is 1. The van der Waals surface area contributed by atoms with Gasteiger partial charge in [0.2, 0.25) is 10.0 Å². The van der Waals surface area contributed by atoms with Gasteiger partial charge in [-0.25, -0.2) is 13.6 Å². The average Bonchev–Trinajstić information content (AvgIpc) is 2.47. The van der Waals surface area contributed by atoms with E-state index >= 15 is 0 Å². The summed E-state index contributed by atoms with van der Waals surface area (Å²) in [6.45, 7) is 1.88. The molecule has 0 saturated carbocycles. The second-order valence-electron chi connectivity index (χ2n) is 4.68. The lowest BCUT2D eigenvalue weighted by molar-refractivity contribution is 0.0940. The summed E-state index contributed by atoms with van der Waals surface area (Å²) in [4.78, 5) is 12.1. The molecule has 0 aliphatic rings. The number of benzene rings is 2. The maximum absolute atomic E-state index is 12.1. The normalized spacial score (nSPS) is 12.7. The highest BCUT2D eigenvalue weighted by Gasteiger charge is 2.13. The van der Waals surface area contributed by atoms with Crippen LogP contribution in [0.25, 0.3) is 0 Å². The molecule has 0 bridgehead atoms. The van der Waals surface area contributed by atoms with Gasteiger partial charge in [-0.2, -0.15) is 0 Å². The predicted molar refractivity (Wildman–Crippen MR) is 80.1 cm³/mol. The molecule has 0 aromatic heterocycles. The van der Waals surface area contributed by atoms with Gasteiger partial charge in [-0.1, -0.05) is 30.3 Å². The Morgan fingerprint density at radius 3 is 2.14 bits per heavy atom. The lowest BCUT2D eigenvalue weighted by Gasteiger charge is -2.14. The van der Waals surface area contributed by atoms with Crippen LogP contribution in [0.4, 0.5) is 0 Å². The van der Waals surface area contributed by atoms with E-state index in [4.69, 9.17) is 5.14 Å². The highest BCUT2D eigenvalue weighted by molar-refractivity contribution is 7.89. The molecular formula is C15H16N2O3S. The number of rotatable bonds is 4. The number of nitrogens with one attached hydrogen (secondary N) is 1. The largest absolute Gasteiger partial charge is 0.346 e. The van der Waals surface area contributed by atoms with Crippen LogP contribution in [0.3, 0.4) is 0 Å². The molecule has 1 amide bonds. The topological polar surface area (TPSA) is 89.3 Å². The second-order valence-corrected chi connectivity index (χ2v) is 6.24. The van der Waals surface area contributed by atoms with Crippen LogP contribution in [-0.2, 0) is 10.0 Å². The minimum Gasteiger partial charge on any atom is -0.346 e. The summed E-state index contributed by atoms with van der Waals surface area (Å²) >= 11 is 0. The maximum atomic E-state index is 12.1. The quantitative estimate of drug-likeness (QED) is 0.903. The summed E-state index contributed by atoms with van der Waals surface area (Å²) < 4.78 is 22.3. The Bertz CT molecular complexity index is 725. The molecular weight excluding hydrogens is 288 g/mol. The number of nitrogens with two attached hydrogens (primary N) is 1. The maximum Gasteiger partial charge on any atom is 0.251 e. The Balaban J connectivity index is 2.11. The molecule has 6 heteroatoms. The summed E-state index contributed by atoms with van der Waals surface area (Å²) in [6, 6.07) is 14.9. The molecule has 3 N–H and O–H groups in total. The Kier molecular flexibility index (Phi) is 4.40. The van der Waals surface area contributed by atoms with Crippen molar-refractivity contribution in [2.45, 2.75) is 17.9 Å². The van der Waals surface area contributed by atoms with E-state index in [9.17, 15) is 13.2 Å². The highest BCUT2D eigenvalue weighted by Crippen LogP contribution is 2.13. The van der Waals surface area contributed by atoms with E-state index in [0.29, 0.717) is 5.56 Å². The van der Waals surface area contributed by atoms with E-state index in [0.717, 1.165) is 5.56 Å². The molecule has 2 rings (SSSR count). The molecule has 0 radical (unpaired) electrons.